The van der Waals surface area contributed by atoms with Gasteiger partial charge >= 0.3 is 6.98 Å². The summed E-state index contributed by atoms with van der Waals surface area (Å²) in [6.45, 7) is -6.32. The molecule has 1 nitrogen and oxygen atoms in total. The van der Waals surface area contributed by atoms with E-state index in [-0.39, 0.29) is 10.2 Å². The average Bonchev–Trinajstić information content (AvgIpc) is 2.00. The van der Waals surface area contributed by atoms with Crippen molar-refractivity contribution in [3.05, 3.63) is 28.5 Å². The smallest absolute Gasteiger partial charge is 0.515 e. The summed E-state index contributed by atoms with van der Waals surface area (Å²) in [5.74, 6) is -0.563. The molecular formula is C7H5BBrF4O-. The Morgan fingerprint density at radius 3 is 2.43 bits per heavy atom. The Labute approximate surface area is 86.2 Å². The monoisotopic (exact) mass is 271 g/mol. The maximum absolute atomic E-state index is 12.5. The van der Waals surface area contributed by atoms with Gasteiger partial charge in [0.1, 0.15) is 11.6 Å². The minimum Gasteiger partial charge on any atom is -0.521 e. The van der Waals surface area contributed by atoms with Gasteiger partial charge < -0.3 is 17.7 Å². The van der Waals surface area contributed by atoms with Gasteiger partial charge in [0, 0.05) is 0 Å². The Bertz CT molecular complexity index is 328. The van der Waals surface area contributed by atoms with E-state index < -0.39 is 19.3 Å². The second-order valence-corrected chi connectivity index (χ2v) is 3.45. The molecule has 78 valence electrons. The van der Waals surface area contributed by atoms with Crippen molar-refractivity contribution < 1.29 is 22.1 Å². The van der Waals surface area contributed by atoms with E-state index in [4.69, 9.17) is 0 Å². The highest BCUT2D eigenvalue weighted by Crippen LogP contribution is 2.26. The van der Waals surface area contributed by atoms with Gasteiger partial charge in [0.25, 0.3) is 0 Å². The van der Waals surface area contributed by atoms with Crippen molar-refractivity contribution >= 4 is 22.9 Å². The number of halogens is 5. The standard InChI is InChI=1S/C7H5BBrF4O/c9-6-3-5(10)1-2-7(6)14-4-8(11,12)13/h1-3H,4H2/q-1. The molecule has 0 spiro atoms. The van der Waals surface area contributed by atoms with Gasteiger partial charge in [-0.25, -0.2) is 4.39 Å². The Morgan fingerprint density at radius 1 is 1.29 bits per heavy atom. The van der Waals surface area contributed by atoms with Crippen molar-refractivity contribution in [2.24, 2.45) is 0 Å². The molecule has 0 amide bonds. The molecule has 0 aliphatic carbocycles. The molecule has 0 aliphatic heterocycles. The van der Waals surface area contributed by atoms with Crippen LogP contribution in [0.2, 0.25) is 0 Å². The molecule has 1 aromatic rings. The molecule has 1 aromatic carbocycles. The van der Waals surface area contributed by atoms with Crippen LogP contribution in [0.15, 0.2) is 22.7 Å². The molecule has 1 rings (SSSR count). The van der Waals surface area contributed by atoms with Gasteiger partial charge in [-0.15, -0.1) is 0 Å². The third-order valence-corrected chi connectivity index (χ3v) is 1.94. The zero-order chi connectivity index (χ0) is 10.8. The SMILES string of the molecule is Fc1ccc(OC[B-](F)(F)F)c(Br)c1. The molecule has 14 heavy (non-hydrogen) atoms. The molecule has 0 fully saturated rings. The lowest BCUT2D eigenvalue weighted by Gasteiger charge is -2.15. The van der Waals surface area contributed by atoms with Gasteiger partial charge in [-0.2, -0.15) is 0 Å². The van der Waals surface area contributed by atoms with Crippen molar-refractivity contribution in [3.8, 4) is 5.75 Å². The summed E-state index contributed by atoms with van der Waals surface area (Å²) in [5, 5.41) is 0. The van der Waals surface area contributed by atoms with Crippen LogP contribution >= 0.6 is 15.9 Å². The zero-order valence-electron chi connectivity index (χ0n) is 6.81. The van der Waals surface area contributed by atoms with Crippen molar-refractivity contribution in [3.63, 3.8) is 0 Å². The number of benzene rings is 1. The molecule has 0 N–H and O–H groups in total. The van der Waals surface area contributed by atoms with Gasteiger partial charge in [-0.3, -0.25) is 0 Å². The van der Waals surface area contributed by atoms with Gasteiger partial charge in [0.05, 0.1) is 11.0 Å². The fourth-order valence-electron chi connectivity index (χ4n) is 0.777. The highest BCUT2D eigenvalue weighted by atomic mass is 79.9. The Balaban J connectivity index is 2.68. The van der Waals surface area contributed by atoms with Crippen molar-refractivity contribution in [1.29, 1.82) is 0 Å². The molecule has 0 unspecified atom stereocenters. The Morgan fingerprint density at radius 2 is 1.93 bits per heavy atom. The fourth-order valence-corrected chi connectivity index (χ4v) is 1.24. The number of hydrogen-bond acceptors (Lipinski definition) is 1. The molecule has 0 saturated heterocycles. The molecule has 0 aromatic heterocycles. The highest BCUT2D eigenvalue weighted by Gasteiger charge is 2.24. The normalized spacial score (nSPS) is 11.5. The first kappa shape index (κ1) is 11.4. The number of ether oxygens (including phenoxy) is 1. The lowest BCUT2D eigenvalue weighted by molar-refractivity contribution is 0.311. The summed E-state index contributed by atoms with van der Waals surface area (Å²) >= 11 is 2.89. The first-order chi connectivity index (χ1) is 6.38. The van der Waals surface area contributed by atoms with Crippen molar-refractivity contribution in [2.45, 2.75) is 0 Å². The predicted octanol–water partition coefficient (Wildman–Crippen LogP) is 3.35. The van der Waals surface area contributed by atoms with Gasteiger partial charge in [0.15, 0.2) is 0 Å². The second kappa shape index (κ2) is 4.21. The number of hydrogen-bond donors (Lipinski definition) is 0. The van der Waals surface area contributed by atoms with Crippen LogP contribution in [0.3, 0.4) is 0 Å². The van der Waals surface area contributed by atoms with E-state index in [9.17, 15) is 17.3 Å². The van der Waals surface area contributed by atoms with Crippen LogP contribution in [-0.2, 0) is 0 Å². The highest BCUT2D eigenvalue weighted by molar-refractivity contribution is 9.10. The lowest BCUT2D eigenvalue weighted by atomic mass is 9.95. The zero-order valence-corrected chi connectivity index (χ0v) is 8.40. The molecule has 7 heteroatoms. The van der Waals surface area contributed by atoms with Crippen LogP contribution in [0.1, 0.15) is 0 Å². The maximum atomic E-state index is 12.5. The van der Waals surface area contributed by atoms with Crippen molar-refractivity contribution in [1.82, 2.24) is 0 Å². The molecule has 0 bridgehead atoms. The van der Waals surface area contributed by atoms with Gasteiger partial charge in [0.2, 0.25) is 0 Å². The van der Waals surface area contributed by atoms with Crippen LogP contribution in [0.5, 0.6) is 5.75 Å². The first-order valence-corrected chi connectivity index (χ1v) is 4.46. The summed E-state index contributed by atoms with van der Waals surface area (Å²) in [6, 6.07) is 3.21. The van der Waals surface area contributed by atoms with E-state index in [1.54, 1.807) is 0 Å². The minimum atomic E-state index is -4.99. The maximum Gasteiger partial charge on any atom is 0.515 e. The topological polar surface area (TPSA) is 9.23 Å². The summed E-state index contributed by atoms with van der Waals surface area (Å²) in [4.78, 5) is 0. The largest absolute Gasteiger partial charge is 0.521 e. The van der Waals surface area contributed by atoms with Crippen LogP contribution in [0, 0.1) is 5.82 Å². The predicted molar refractivity (Wildman–Crippen MR) is 48.7 cm³/mol. The van der Waals surface area contributed by atoms with Crippen LogP contribution < -0.4 is 4.74 Å². The fraction of sp³-hybridized carbons (Fsp3) is 0.143. The van der Waals surface area contributed by atoms with Crippen LogP contribution in [-0.4, -0.2) is 13.5 Å². The molecule has 0 aliphatic rings. The van der Waals surface area contributed by atoms with Crippen molar-refractivity contribution in [2.75, 3.05) is 6.51 Å². The van der Waals surface area contributed by atoms with Crippen LogP contribution in [0.25, 0.3) is 0 Å². The molecule has 0 saturated carbocycles. The molecule has 0 radical (unpaired) electrons. The third kappa shape index (κ3) is 3.57. The van der Waals surface area contributed by atoms with E-state index in [0.29, 0.717) is 0 Å². The summed E-state index contributed by atoms with van der Waals surface area (Å²) < 4.78 is 52.5. The minimum absolute atomic E-state index is 0.0226. The lowest BCUT2D eigenvalue weighted by Crippen LogP contribution is -2.26. The van der Waals surface area contributed by atoms with E-state index >= 15 is 0 Å². The van der Waals surface area contributed by atoms with Gasteiger partial charge in [-0.1, -0.05) is 0 Å². The van der Waals surface area contributed by atoms with E-state index in [2.05, 4.69) is 20.7 Å². The van der Waals surface area contributed by atoms with Gasteiger partial charge in [-0.05, 0) is 34.1 Å². The first-order valence-electron chi connectivity index (χ1n) is 3.67. The second-order valence-electron chi connectivity index (χ2n) is 2.60. The summed E-state index contributed by atoms with van der Waals surface area (Å²) in [7, 11) is 0. The summed E-state index contributed by atoms with van der Waals surface area (Å²) in [5.41, 5.74) is 0. The number of rotatable bonds is 3. The van der Waals surface area contributed by atoms with E-state index in [0.717, 1.165) is 18.2 Å². The summed E-state index contributed by atoms with van der Waals surface area (Å²) in [6.07, 6.45) is 0. The third-order valence-electron chi connectivity index (χ3n) is 1.32. The molecule has 0 atom stereocenters. The molecule has 0 heterocycles. The Hall–Kier alpha value is -0.715. The quantitative estimate of drug-likeness (QED) is 0.605. The van der Waals surface area contributed by atoms with Crippen LogP contribution in [0.4, 0.5) is 17.3 Å². The Kier molecular flexibility index (Phi) is 3.41. The molecular weight excluding hydrogens is 267 g/mol. The van der Waals surface area contributed by atoms with E-state index in [1.807, 2.05) is 0 Å². The van der Waals surface area contributed by atoms with E-state index in [1.165, 1.54) is 0 Å². The average molecular weight is 272 g/mol.